The fourth-order valence-corrected chi connectivity index (χ4v) is 1.78. The van der Waals surface area contributed by atoms with Gasteiger partial charge in [-0.1, -0.05) is 20.3 Å². The van der Waals surface area contributed by atoms with Crippen molar-refractivity contribution >= 4 is 16.9 Å². The molecule has 0 spiro atoms. The van der Waals surface area contributed by atoms with Gasteiger partial charge >= 0.3 is 0 Å². The van der Waals surface area contributed by atoms with Crippen molar-refractivity contribution in [1.29, 1.82) is 0 Å². The Balaban J connectivity index is 2.12. The van der Waals surface area contributed by atoms with Gasteiger partial charge in [-0.15, -0.1) is 0 Å². The van der Waals surface area contributed by atoms with E-state index in [0.29, 0.717) is 6.54 Å². The molecule has 0 radical (unpaired) electrons. The van der Waals surface area contributed by atoms with E-state index >= 15 is 0 Å². The molecule has 2 unspecified atom stereocenters. The van der Waals surface area contributed by atoms with Crippen LogP contribution < -0.4 is 5.32 Å². The lowest BCUT2D eigenvalue weighted by molar-refractivity contribution is 0.126. The Bertz CT molecular complexity index is 524. The van der Waals surface area contributed by atoms with Gasteiger partial charge in [0.25, 0.3) is 0 Å². The van der Waals surface area contributed by atoms with Gasteiger partial charge in [-0.2, -0.15) is 5.10 Å². The van der Waals surface area contributed by atoms with Crippen molar-refractivity contribution in [3.8, 4) is 0 Å². The van der Waals surface area contributed by atoms with Gasteiger partial charge in [-0.05, 0) is 5.92 Å². The molecule has 0 bridgehead atoms. The van der Waals surface area contributed by atoms with Crippen LogP contribution in [-0.2, 0) is 7.05 Å². The standard InChI is InChI=1S/C12H19N5O/c1-4-8(2)10(18)6-13-11-9-5-16-17(3)12(9)15-7-14-11/h5,7-8,10,18H,4,6H2,1-3H3,(H,13,14,15). The Labute approximate surface area is 106 Å². The molecule has 0 amide bonds. The third-order valence-corrected chi connectivity index (χ3v) is 3.31. The largest absolute Gasteiger partial charge is 0.391 e. The van der Waals surface area contributed by atoms with Crippen LogP contribution in [0, 0.1) is 5.92 Å². The predicted molar refractivity (Wildman–Crippen MR) is 70.3 cm³/mol. The zero-order chi connectivity index (χ0) is 13.1. The lowest BCUT2D eigenvalue weighted by atomic mass is 10.0. The van der Waals surface area contributed by atoms with Crippen molar-refractivity contribution in [1.82, 2.24) is 19.7 Å². The SMILES string of the molecule is CCC(C)C(O)CNc1ncnc2c1cnn2C. The van der Waals surface area contributed by atoms with Gasteiger partial charge in [-0.3, -0.25) is 4.68 Å². The lowest BCUT2D eigenvalue weighted by Crippen LogP contribution is -2.26. The van der Waals surface area contributed by atoms with Gasteiger partial charge in [0, 0.05) is 13.6 Å². The normalized spacial score (nSPS) is 14.7. The van der Waals surface area contributed by atoms with Crippen LogP contribution in [0.4, 0.5) is 5.82 Å². The van der Waals surface area contributed by atoms with Crippen LogP contribution in [0.2, 0.25) is 0 Å². The molecule has 2 rings (SSSR count). The van der Waals surface area contributed by atoms with Gasteiger partial charge in [-0.25, -0.2) is 9.97 Å². The molecule has 6 nitrogen and oxygen atoms in total. The monoisotopic (exact) mass is 249 g/mol. The highest BCUT2D eigenvalue weighted by molar-refractivity contribution is 5.85. The van der Waals surface area contributed by atoms with E-state index in [-0.39, 0.29) is 12.0 Å². The second-order valence-corrected chi connectivity index (χ2v) is 4.56. The number of aryl methyl sites for hydroxylation is 1. The van der Waals surface area contributed by atoms with Crippen LogP contribution in [0.5, 0.6) is 0 Å². The molecule has 18 heavy (non-hydrogen) atoms. The molecular weight excluding hydrogens is 230 g/mol. The molecule has 0 aliphatic carbocycles. The summed E-state index contributed by atoms with van der Waals surface area (Å²) in [6.07, 6.45) is 3.81. The zero-order valence-corrected chi connectivity index (χ0v) is 11.0. The Morgan fingerprint density at radius 1 is 1.44 bits per heavy atom. The molecular formula is C12H19N5O. The van der Waals surface area contributed by atoms with Crippen LogP contribution in [0.25, 0.3) is 11.0 Å². The van der Waals surface area contributed by atoms with Crippen LogP contribution in [0.1, 0.15) is 20.3 Å². The van der Waals surface area contributed by atoms with Gasteiger partial charge in [0.1, 0.15) is 12.1 Å². The molecule has 0 saturated carbocycles. The van der Waals surface area contributed by atoms with Gasteiger partial charge < -0.3 is 10.4 Å². The molecule has 2 heterocycles. The molecule has 2 N–H and O–H groups in total. The first-order valence-corrected chi connectivity index (χ1v) is 6.18. The minimum atomic E-state index is -0.378. The second-order valence-electron chi connectivity index (χ2n) is 4.56. The molecule has 2 aromatic heterocycles. The summed E-state index contributed by atoms with van der Waals surface area (Å²) < 4.78 is 1.70. The van der Waals surface area contributed by atoms with Gasteiger partial charge in [0.2, 0.25) is 0 Å². The van der Waals surface area contributed by atoms with Gasteiger partial charge in [0.15, 0.2) is 5.65 Å². The van der Waals surface area contributed by atoms with Crippen molar-refractivity contribution in [2.24, 2.45) is 13.0 Å². The number of hydrogen-bond acceptors (Lipinski definition) is 5. The van der Waals surface area contributed by atoms with Crippen molar-refractivity contribution in [2.45, 2.75) is 26.4 Å². The average Bonchev–Trinajstić information content (AvgIpc) is 2.77. The van der Waals surface area contributed by atoms with E-state index in [2.05, 4.69) is 27.3 Å². The van der Waals surface area contributed by atoms with Crippen molar-refractivity contribution in [3.05, 3.63) is 12.5 Å². The number of rotatable bonds is 5. The highest BCUT2D eigenvalue weighted by atomic mass is 16.3. The number of nitrogens with one attached hydrogen (secondary N) is 1. The Kier molecular flexibility index (Phi) is 3.76. The molecule has 6 heteroatoms. The van der Waals surface area contributed by atoms with E-state index in [0.717, 1.165) is 23.3 Å². The molecule has 2 aromatic rings. The third-order valence-electron chi connectivity index (χ3n) is 3.31. The number of nitrogens with zero attached hydrogens (tertiary/aromatic N) is 4. The summed E-state index contributed by atoms with van der Waals surface area (Å²) in [7, 11) is 1.84. The van der Waals surface area contributed by atoms with Crippen molar-refractivity contribution in [3.63, 3.8) is 0 Å². The summed E-state index contributed by atoms with van der Waals surface area (Å²) in [6.45, 7) is 4.58. The van der Waals surface area contributed by atoms with E-state index in [1.807, 2.05) is 14.0 Å². The van der Waals surface area contributed by atoms with E-state index in [1.165, 1.54) is 6.33 Å². The molecule has 0 aromatic carbocycles. The van der Waals surface area contributed by atoms with Crippen molar-refractivity contribution in [2.75, 3.05) is 11.9 Å². The summed E-state index contributed by atoms with van der Waals surface area (Å²) in [5.74, 6) is 0.985. The minimum absolute atomic E-state index is 0.267. The Morgan fingerprint density at radius 3 is 2.94 bits per heavy atom. The lowest BCUT2D eigenvalue weighted by Gasteiger charge is -2.17. The maximum Gasteiger partial charge on any atom is 0.163 e. The topological polar surface area (TPSA) is 75.9 Å². The highest BCUT2D eigenvalue weighted by Crippen LogP contribution is 2.18. The van der Waals surface area contributed by atoms with Crippen molar-refractivity contribution < 1.29 is 5.11 Å². The maximum atomic E-state index is 9.93. The summed E-state index contributed by atoms with van der Waals surface area (Å²) in [4.78, 5) is 8.36. The molecule has 0 aliphatic rings. The quantitative estimate of drug-likeness (QED) is 0.832. The van der Waals surface area contributed by atoms with E-state index in [1.54, 1.807) is 10.9 Å². The summed E-state index contributed by atoms with van der Waals surface area (Å²) in [5.41, 5.74) is 0.783. The average molecular weight is 249 g/mol. The van der Waals surface area contributed by atoms with Crippen LogP contribution in [0.15, 0.2) is 12.5 Å². The second kappa shape index (κ2) is 5.30. The molecule has 0 saturated heterocycles. The smallest absolute Gasteiger partial charge is 0.163 e. The fourth-order valence-electron chi connectivity index (χ4n) is 1.78. The fraction of sp³-hybridized carbons (Fsp3) is 0.583. The first kappa shape index (κ1) is 12.8. The van der Waals surface area contributed by atoms with E-state index < -0.39 is 0 Å². The van der Waals surface area contributed by atoms with Crippen LogP contribution in [-0.4, -0.2) is 37.5 Å². The van der Waals surface area contributed by atoms with E-state index in [4.69, 9.17) is 0 Å². The Morgan fingerprint density at radius 2 is 2.22 bits per heavy atom. The molecule has 2 atom stereocenters. The number of anilines is 1. The predicted octanol–water partition coefficient (Wildman–Crippen LogP) is 1.18. The Hall–Kier alpha value is -1.69. The number of aromatic nitrogens is 4. The molecule has 98 valence electrons. The first-order valence-electron chi connectivity index (χ1n) is 6.18. The first-order chi connectivity index (χ1) is 8.63. The minimum Gasteiger partial charge on any atom is -0.391 e. The van der Waals surface area contributed by atoms with Gasteiger partial charge in [0.05, 0.1) is 17.7 Å². The molecule has 0 fully saturated rings. The molecule has 0 aliphatic heterocycles. The summed E-state index contributed by atoms with van der Waals surface area (Å²) in [6, 6.07) is 0. The number of hydrogen-bond donors (Lipinski definition) is 2. The number of fused-ring (bicyclic) bond motifs is 1. The van der Waals surface area contributed by atoms with Crippen LogP contribution >= 0.6 is 0 Å². The zero-order valence-electron chi connectivity index (χ0n) is 11.0. The van der Waals surface area contributed by atoms with E-state index in [9.17, 15) is 5.11 Å². The summed E-state index contributed by atoms with van der Waals surface area (Å²) in [5, 5.41) is 18.1. The number of aliphatic hydroxyl groups excluding tert-OH is 1. The third kappa shape index (κ3) is 2.43. The number of aliphatic hydroxyl groups is 1. The summed E-state index contributed by atoms with van der Waals surface area (Å²) >= 11 is 0. The maximum absolute atomic E-state index is 9.93. The van der Waals surface area contributed by atoms with Crippen LogP contribution in [0.3, 0.4) is 0 Å². The highest BCUT2D eigenvalue weighted by Gasteiger charge is 2.13.